The van der Waals surface area contributed by atoms with Crippen molar-refractivity contribution in [2.75, 3.05) is 5.73 Å². The van der Waals surface area contributed by atoms with E-state index in [4.69, 9.17) is 27.8 Å². The predicted octanol–water partition coefficient (Wildman–Crippen LogP) is 3.84. The van der Waals surface area contributed by atoms with Crippen LogP contribution in [-0.2, 0) is 19.4 Å². The van der Waals surface area contributed by atoms with E-state index in [1.54, 1.807) is 18.2 Å². The average molecular weight is 433 g/mol. The SMILES string of the molecule is NC(=O)c1cccc(CCCc2cnc(N)c(OCc3c(F)ccc(F)c3Cl)n2)c1. The van der Waals surface area contributed by atoms with E-state index < -0.39 is 17.5 Å². The molecule has 1 aromatic heterocycles. The second-order valence-electron chi connectivity index (χ2n) is 6.58. The molecule has 1 heterocycles. The van der Waals surface area contributed by atoms with Gasteiger partial charge in [0, 0.05) is 11.1 Å². The number of hydrogen-bond acceptors (Lipinski definition) is 5. The van der Waals surface area contributed by atoms with Crippen LogP contribution in [0.3, 0.4) is 0 Å². The number of carbonyl (C=O) groups is 1. The van der Waals surface area contributed by atoms with E-state index in [0.29, 0.717) is 24.1 Å². The van der Waals surface area contributed by atoms with Gasteiger partial charge in [0.1, 0.15) is 18.2 Å². The molecule has 0 saturated heterocycles. The Hall–Kier alpha value is -3.26. The number of nitrogens with two attached hydrogens (primary N) is 2. The van der Waals surface area contributed by atoms with Crippen molar-refractivity contribution in [2.24, 2.45) is 5.73 Å². The van der Waals surface area contributed by atoms with Gasteiger partial charge in [-0.1, -0.05) is 23.7 Å². The molecule has 3 aromatic rings. The number of rotatable bonds is 8. The third-order valence-electron chi connectivity index (χ3n) is 4.42. The molecule has 4 N–H and O–H groups in total. The van der Waals surface area contributed by atoms with Gasteiger partial charge in [-0.15, -0.1) is 0 Å². The molecule has 0 aliphatic carbocycles. The quantitative estimate of drug-likeness (QED) is 0.526. The first kappa shape index (κ1) is 21.4. The Balaban J connectivity index is 1.63. The highest BCUT2D eigenvalue weighted by Gasteiger charge is 2.14. The summed E-state index contributed by atoms with van der Waals surface area (Å²) in [7, 11) is 0. The summed E-state index contributed by atoms with van der Waals surface area (Å²) in [6.07, 6.45) is 3.52. The molecule has 0 saturated carbocycles. The Kier molecular flexibility index (Phi) is 6.79. The number of hydrogen-bond donors (Lipinski definition) is 2. The van der Waals surface area contributed by atoms with Crippen molar-refractivity contribution in [1.82, 2.24) is 9.97 Å². The van der Waals surface area contributed by atoms with Gasteiger partial charge in [-0.2, -0.15) is 0 Å². The number of primary amides is 1. The topological polar surface area (TPSA) is 104 Å². The summed E-state index contributed by atoms with van der Waals surface area (Å²) in [4.78, 5) is 19.6. The largest absolute Gasteiger partial charge is 0.470 e. The Morgan fingerprint density at radius 2 is 1.90 bits per heavy atom. The van der Waals surface area contributed by atoms with E-state index in [-0.39, 0.29) is 28.9 Å². The summed E-state index contributed by atoms with van der Waals surface area (Å²) < 4.78 is 32.9. The van der Waals surface area contributed by atoms with Gasteiger partial charge in [0.05, 0.1) is 16.9 Å². The van der Waals surface area contributed by atoms with Gasteiger partial charge < -0.3 is 16.2 Å². The third kappa shape index (κ3) is 5.21. The van der Waals surface area contributed by atoms with E-state index in [1.165, 1.54) is 6.20 Å². The molecule has 6 nitrogen and oxygen atoms in total. The van der Waals surface area contributed by atoms with Crippen LogP contribution >= 0.6 is 11.6 Å². The lowest BCUT2D eigenvalue weighted by atomic mass is 10.0. The van der Waals surface area contributed by atoms with Crippen molar-refractivity contribution in [2.45, 2.75) is 25.9 Å². The molecule has 3 rings (SSSR count). The molecule has 1 amide bonds. The van der Waals surface area contributed by atoms with Crippen LogP contribution < -0.4 is 16.2 Å². The first-order valence-electron chi connectivity index (χ1n) is 9.10. The normalized spacial score (nSPS) is 10.8. The van der Waals surface area contributed by atoms with Gasteiger partial charge in [0.25, 0.3) is 5.88 Å². The highest BCUT2D eigenvalue weighted by atomic mass is 35.5. The molecule has 30 heavy (non-hydrogen) atoms. The standard InChI is InChI=1S/C21H19ClF2N4O2/c22-18-15(16(23)7-8-17(18)24)11-30-21-19(25)27-10-14(28-21)6-2-4-12-3-1-5-13(9-12)20(26)29/h1,3,5,7-10H,2,4,6,11H2,(H2,25,27)(H2,26,29). The molecule has 0 bridgehead atoms. The van der Waals surface area contributed by atoms with Crippen LogP contribution in [0.15, 0.2) is 42.6 Å². The molecule has 0 fully saturated rings. The highest BCUT2D eigenvalue weighted by Crippen LogP contribution is 2.25. The van der Waals surface area contributed by atoms with Crippen molar-refractivity contribution in [3.05, 3.63) is 81.6 Å². The molecular formula is C21H19ClF2N4O2. The lowest BCUT2D eigenvalue weighted by Gasteiger charge is -2.11. The van der Waals surface area contributed by atoms with Crippen LogP contribution in [0.4, 0.5) is 14.6 Å². The number of halogens is 3. The van der Waals surface area contributed by atoms with Gasteiger partial charge in [0.15, 0.2) is 5.82 Å². The maximum atomic E-state index is 13.9. The number of carbonyl (C=O) groups excluding carboxylic acids is 1. The Morgan fingerprint density at radius 3 is 2.67 bits per heavy atom. The minimum absolute atomic E-state index is 0.0166. The molecule has 0 radical (unpaired) electrons. The third-order valence-corrected chi connectivity index (χ3v) is 4.83. The van der Waals surface area contributed by atoms with Gasteiger partial charge in [0.2, 0.25) is 5.91 Å². The molecule has 0 aliphatic rings. The van der Waals surface area contributed by atoms with Crippen LogP contribution in [0.25, 0.3) is 0 Å². The summed E-state index contributed by atoms with van der Waals surface area (Å²) in [6, 6.07) is 9.01. The number of amides is 1. The van der Waals surface area contributed by atoms with Gasteiger partial charge in [-0.3, -0.25) is 4.79 Å². The molecule has 0 unspecified atom stereocenters. The number of anilines is 1. The van der Waals surface area contributed by atoms with Crippen LogP contribution in [0.5, 0.6) is 5.88 Å². The molecule has 0 spiro atoms. The van der Waals surface area contributed by atoms with Crippen molar-refractivity contribution in [1.29, 1.82) is 0 Å². The van der Waals surface area contributed by atoms with Crippen molar-refractivity contribution >= 4 is 23.3 Å². The first-order valence-corrected chi connectivity index (χ1v) is 9.48. The first-order chi connectivity index (χ1) is 14.3. The molecule has 9 heteroatoms. The van der Waals surface area contributed by atoms with Crippen molar-refractivity contribution in [3.8, 4) is 5.88 Å². The van der Waals surface area contributed by atoms with E-state index in [2.05, 4.69) is 9.97 Å². The maximum Gasteiger partial charge on any atom is 0.257 e. The van der Waals surface area contributed by atoms with Gasteiger partial charge in [-0.25, -0.2) is 18.7 Å². The van der Waals surface area contributed by atoms with E-state index >= 15 is 0 Å². The Bertz CT molecular complexity index is 1080. The number of aryl methyl sites for hydroxylation is 2. The zero-order valence-electron chi connectivity index (χ0n) is 15.9. The molecule has 0 aliphatic heterocycles. The van der Waals surface area contributed by atoms with Crippen LogP contribution in [0.1, 0.15) is 33.6 Å². The summed E-state index contributed by atoms with van der Waals surface area (Å²) in [5.74, 6) is -1.87. The fourth-order valence-corrected chi connectivity index (χ4v) is 3.05. The summed E-state index contributed by atoms with van der Waals surface area (Å²) in [5.41, 5.74) is 13.0. The number of aromatic nitrogens is 2. The number of nitrogen functional groups attached to an aromatic ring is 1. The second kappa shape index (κ2) is 9.49. The van der Waals surface area contributed by atoms with Crippen molar-refractivity contribution in [3.63, 3.8) is 0 Å². The fraction of sp³-hybridized carbons (Fsp3) is 0.190. The Labute approximate surface area is 176 Å². The molecular weight excluding hydrogens is 414 g/mol. The fourth-order valence-electron chi connectivity index (χ4n) is 2.84. The smallest absolute Gasteiger partial charge is 0.257 e. The van der Waals surface area contributed by atoms with E-state index in [0.717, 1.165) is 24.1 Å². The zero-order chi connectivity index (χ0) is 21.7. The number of nitrogens with zero attached hydrogens (tertiary/aromatic N) is 2. The van der Waals surface area contributed by atoms with Gasteiger partial charge in [-0.05, 0) is 49.1 Å². The highest BCUT2D eigenvalue weighted by molar-refractivity contribution is 6.31. The zero-order valence-corrected chi connectivity index (χ0v) is 16.6. The minimum Gasteiger partial charge on any atom is -0.470 e. The van der Waals surface area contributed by atoms with E-state index in [9.17, 15) is 13.6 Å². The predicted molar refractivity (Wildman–Crippen MR) is 109 cm³/mol. The van der Waals surface area contributed by atoms with Crippen LogP contribution in [-0.4, -0.2) is 15.9 Å². The maximum absolute atomic E-state index is 13.9. The van der Waals surface area contributed by atoms with Crippen LogP contribution in [0, 0.1) is 11.6 Å². The molecule has 2 aromatic carbocycles. The minimum atomic E-state index is -0.745. The molecule has 156 valence electrons. The monoisotopic (exact) mass is 432 g/mol. The van der Waals surface area contributed by atoms with E-state index in [1.807, 2.05) is 6.07 Å². The summed E-state index contributed by atoms with van der Waals surface area (Å²) in [6.45, 7) is -0.343. The lowest BCUT2D eigenvalue weighted by molar-refractivity contribution is 0.1000. The molecule has 0 atom stereocenters. The van der Waals surface area contributed by atoms with Gasteiger partial charge >= 0.3 is 0 Å². The van der Waals surface area contributed by atoms with Crippen LogP contribution in [0.2, 0.25) is 5.02 Å². The lowest BCUT2D eigenvalue weighted by Crippen LogP contribution is -2.11. The number of ether oxygens (including phenoxy) is 1. The summed E-state index contributed by atoms with van der Waals surface area (Å²) >= 11 is 5.80. The Morgan fingerprint density at radius 1 is 1.13 bits per heavy atom. The summed E-state index contributed by atoms with van der Waals surface area (Å²) in [5, 5.41) is -0.351. The van der Waals surface area contributed by atoms with Crippen molar-refractivity contribution < 1.29 is 18.3 Å². The number of benzene rings is 2. The second-order valence-corrected chi connectivity index (χ2v) is 6.96. The average Bonchev–Trinajstić information content (AvgIpc) is 2.73.